The number of hydrogen-bond donors (Lipinski definition) is 3. The molecule has 4 N–H and O–H groups in total. The summed E-state index contributed by atoms with van der Waals surface area (Å²) in [5.74, 6) is -1.07. The van der Waals surface area contributed by atoms with Crippen LogP contribution in [0.2, 0.25) is 0 Å². The third kappa shape index (κ3) is 5.68. The molecule has 186 valence electrons. The van der Waals surface area contributed by atoms with Crippen molar-refractivity contribution in [1.82, 2.24) is 14.9 Å². The highest BCUT2D eigenvalue weighted by atomic mass is 79.9. The molecule has 1 fully saturated rings. The van der Waals surface area contributed by atoms with E-state index in [2.05, 4.69) is 37.8 Å². The maximum Gasteiger partial charge on any atom is 0.260 e. The fraction of sp³-hybridized carbons (Fsp3) is 0.200. The molecule has 1 aliphatic rings. The van der Waals surface area contributed by atoms with Gasteiger partial charge < -0.3 is 20.7 Å². The lowest BCUT2D eigenvalue weighted by Gasteiger charge is -2.33. The molecule has 0 saturated carbocycles. The molecule has 1 amide bonds. The Labute approximate surface area is 214 Å². The summed E-state index contributed by atoms with van der Waals surface area (Å²) in [6.45, 7) is 4.75. The third-order valence-corrected chi connectivity index (χ3v) is 6.02. The molecule has 8 nitrogen and oxygen atoms in total. The highest BCUT2D eigenvalue weighted by molar-refractivity contribution is 9.12. The Hall–Kier alpha value is -3.86. The molecular weight excluding hydrogens is 534 g/mol. The van der Waals surface area contributed by atoms with Gasteiger partial charge in [0, 0.05) is 30.8 Å². The predicted octanol–water partition coefficient (Wildman–Crippen LogP) is 4.86. The minimum absolute atomic E-state index is 0.0903. The van der Waals surface area contributed by atoms with E-state index >= 15 is 0 Å². The number of aromatic nitrogens is 2. The second kappa shape index (κ2) is 10.8. The summed E-state index contributed by atoms with van der Waals surface area (Å²) in [5, 5.41) is 12.1. The largest absolute Gasteiger partial charge is 0.457 e. The molecule has 0 aliphatic carbocycles. The Balaban J connectivity index is 1.51. The number of nitrogens with zero attached hydrogens (tertiary/aromatic N) is 3. The molecule has 0 unspecified atom stereocenters. The Morgan fingerprint density at radius 3 is 2.58 bits per heavy atom. The van der Waals surface area contributed by atoms with Crippen LogP contribution < -0.4 is 15.8 Å². The van der Waals surface area contributed by atoms with Gasteiger partial charge in [0.1, 0.15) is 29.5 Å². The van der Waals surface area contributed by atoms with E-state index in [1.54, 1.807) is 29.2 Å². The lowest BCUT2D eigenvalue weighted by atomic mass is 10.0. The third-order valence-electron chi connectivity index (χ3n) is 5.68. The second-order valence-corrected chi connectivity index (χ2v) is 9.16. The molecule has 0 spiro atoms. The number of nitrogens with one attached hydrogen (secondary N) is 2. The molecule has 3 aromatic rings. The zero-order chi connectivity index (χ0) is 25.8. The van der Waals surface area contributed by atoms with Gasteiger partial charge in [-0.05, 0) is 65.2 Å². The van der Waals surface area contributed by atoms with Gasteiger partial charge in [-0.15, -0.1) is 0 Å². The van der Waals surface area contributed by atoms with E-state index in [9.17, 15) is 13.6 Å². The zero-order valence-corrected chi connectivity index (χ0v) is 20.7. The van der Waals surface area contributed by atoms with Crippen LogP contribution in [-0.4, -0.2) is 45.6 Å². The van der Waals surface area contributed by atoms with Crippen molar-refractivity contribution in [3.8, 4) is 11.5 Å². The molecular formula is C25H23BrF2N6O2. The monoisotopic (exact) mass is 556 g/mol. The summed E-state index contributed by atoms with van der Waals surface area (Å²) in [6.07, 6.45) is 2.93. The quantitative estimate of drug-likeness (QED) is 0.282. The van der Waals surface area contributed by atoms with Crippen LogP contribution in [0.3, 0.4) is 0 Å². The predicted molar refractivity (Wildman–Crippen MR) is 137 cm³/mol. The molecule has 1 aliphatic heterocycles. The van der Waals surface area contributed by atoms with Gasteiger partial charge in [0.25, 0.3) is 5.91 Å². The van der Waals surface area contributed by atoms with Crippen LogP contribution >= 0.6 is 15.9 Å². The van der Waals surface area contributed by atoms with Gasteiger partial charge in [-0.2, -0.15) is 0 Å². The summed E-state index contributed by atoms with van der Waals surface area (Å²) in [4.78, 5) is 22.4. The van der Waals surface area contributed by atoms with E-state index in [1.165, 1.54) is 12.4 Å². The van der Waals surface area contributed by atoms with E-state index < -0.39 is 11.6 Å². The summed E-state index contributed by atoms with van der Waals surface area (Å²) < 4.78 is 32.4. The van der Waals surface area contributed by atoms with Crippen LogP contribution in [0, 0.1) is 17.0 Å². The first-order valence-corrected chi connectivity index (χ1v) is 11.8. The summed E-state index contributed by atoms with van der Waals surface area (Å²) in [6, 6.07) is 9.68. The van der Waals surface area contributed by atoms with Crippen LogP contribution in [0.4, 0.5) is 20.4 Å². The molecule has 4 rings (SSSR count). The van der Waals surface area contributed by atoms with Gasteiger partial charge in [0.05, 0.1) is 15.8 Å². The number of halogens is 3. The number of ether oxygens (including phenoxy) is 1. The number of rotatable bonds is 7. The molecule has 1 aromatic heterocycles. The summed E-state index contributed by atoms with van der Waals surface area (Å²) >= 11 is 3.15. The molecule has 1 atom stereocenters. The van der Waals surface area contributed by atoms with E-state index in [0.29, 0.717) is 40.3 Å². The number of likely N-dealkylation sites (tertiary alicyclic amines) is 1. The lowest BCUT2D eigenvalue weighted by molar-refractivity contribution is -0.127. The van der Waals surface area contributed by atoms with E-state index in [0.717, 1.165) is 25.0 Å². The number of carbonyl (C=O) groups excluding carboxylic acids is 1. The maximum absolute atomic E-state index is 13.4. The highest BCUT2D eigenvalue weighted by Gasteiger charge is 2.26. The second-order valence-electron chi connectivity index (χ2n) is 8.20. The number of anilines is 2. The Morgan fingerprint density at radius 1 is 1.17 bits per heavy atom. The average molecular weight is 557 g/mol. The van der Waals surface area contributed by atoms with Gasteiger partial charge in [-0.3, -0.25) is 10.2 Å². The van der Waals surface area contributed by atoms with Gasteiger partial charge in [-0.1, -0.05) is 6.58 Å². The van der Waals surface area contributed by atoms with Crippen molar-refractivity contribution in [3.63, 3.8) is 0 Å². The van der Waals surface area contributed by atoms with Crippen molar-refractivity contribution in [3.05, 3.63) is 82.6 Å². The standard InChI is InChI=1S/C25H23BrF2N6O2/c1-14(26)25(35)34-10-2-3-16(12-34)33-24-21(23(30)31-13-32-24)22(29)15-4-6-17(7-5-15)36-18-8-9-19(27)20(28)11-18/h4-9,11,13,16,29H,1-3,10,12H2,(H3,30,31,32,33)/t16-/m1/s1. The van der Waals surface area contributed by atoms with Crippen LogP contribution in [0.15, 0.2) is 59.9 Å². The smallest absolute Gasteiger partial charge is 0.260 e. The molecule has 1 saturated heterocycles. The normalized spacial score (nSPS) is 15.3. The van der Waals surface area contributed by atoms with Crippen LogP contribution in [0.25, 0.3) is 0 Å². The summed E-state index contributed by atoms with van der Waals surface area (Å²) in [7, 11) is 0. The molecule has 0 bridgehead atoms. The number of nitrogen functional groups attached to an aromatic ring is 1. The maximum atomic E-state index is 13.4. The van der Waals surface area contributed by atoms with Crippen LogP contribution in [0.1, 0.15) is 24.0 Å². The minimum Gasteiger partial charge on any atom is -0.457 e. The minimum atomic E-state index is -1.01. The number of carbonyl (C=O) groups is 1. The van der Waals surface area contributed by atoms with E-state index in [1.807, 2.05) is 0 Å². The molecule has 11 heteroatoms. The van der Waals surface area contributed by atoms with Crippen molar-refractivity contribution in [2.45, 2.75) is 18.9 Å². The first-order valence-electron chi connectivity index (χ1n) is 11.1. The number of hydrogen-bond acceptors (Lipinski definition) is 7. The van der Waals surface area contributed by atoms with Gasteiger partial charge in [0.2, 0.25) is 0 Å². The molecule has 36 heavy (non-hydrogen) atoms. The first kappa shape index (κ1) is 25.2. The van der Waals surface area contributed by atoms with Crippen molar-refractivity contribution in [2.75, 3.05) is 24.1 Å². The number of nitrogens with two attached hydrogens (primary N) is 1. The fourth-order valence-corrected chi connectivity index (χ4v) is 4.16. The van der Waals surface area contributed by atoms with Crippen molar-refractivity contribution in [1.29, 1.82) is 5.41 Å². The Bertz CT molecular complexity index is 1320. The number of benzene rings is 2. The lowest BCUT2D eigenvalue weighted by Crippen LogP contribution is -2.45. The van der Waals surface area contributed by atoms with Crippen molar-refractivity contribution >= 4 is 39.2 Å². The Morgan fingerprint density at radius 2 is 1.89 bits per heavy atom. The van der Waals surface area contributed by atoms with Gasteiger partial charge in [-0.25, -0.2) is 18.7 Å². The Kier molecular flexibility index (Phi) is 7.58. The number of amides is 1. The SMILES string of the molecule is C=C(Br)C(=O)N1CCC[C@@H](Nc2ncnc(N)c2C(=N)c2ccc(Oc3ccc(F)c(F)c3)cc2)C1. The van der Waals surface area contributed by atoms with Crippen molar-refractivity contribution < 1.29 is 18.3 Å². The first-order chi connectivity index (χ1) is 17.2. The fourth-order valence-electron chi connectivity index (χ4n) is 3.91. The van der Waals surface area contributed by atoms with Crippen LogP contribution in [-0.2, 0) is 4.79 Å². The van der Waals surface area contributed by atoms with E-state index in [4.69, 9.17) is 15.9 Å². The van der Waals surface area contributed by atoms with Gasteiger partial charge in [0.15, 0.2) is 11.6 Å². The van der Waals surface area contributed by atoms with E-state index in [-0.39, 0.29) is 29.2 Å². The molecule has 2 heterocycles. The number of piperidine rings is 1. The zero-order valence-electron chi connectivity index (χ0n) is 19.1. The highest BCUT2D eigenvalue weighted by Crippen LogP contribution is 2.27. The van der Waals surface area contributed by atoms with Crippen LogP contribution in [0.5, 0.6) is 11.5 Å². The molecule has 2 aromatic carbocycles. The topological polar surface area (TPSA) is 117 Å². The summed E-state index contributed by atoms with van der Waals surface area (Å²) in [5.41, 5.74) is 7.08. The van der Waals surface area contributed by atoms with Crippen molar-refractivity contribution in [2.24, 2.45) is 0 Å². The average Bonchev–Trinajstić information content (AvgIpc) is 2.86. The van der Waals surface area contributed by atoms with Gasteiger partial charge >= 0.3 is 0 Å². The molecule has 0 radical (unpaired) electrons.